The van der Waals surface area contributed by atoms with Gasteiger partial charge < -0.3 is 10.1 Å². The van der Waals surface area contributed by atoms with E-state index in [4.69, 9.17) is 16.3 Å². The van der Waals surface area contributed by atoms with Gasteiger partial charge in [0.25, 0.3) is 5.91 Å². The molecule has 1 heterocycles. The molecular weight excluding hydrogens is 410 g/mol. The third kappa shape index (κ3) is 5.88. The van der Waals surface area contributed by atoms with E-state index in [1.807, 2.05) is 19.1 Å². The normalized spacial score (nSPS) is 12.9. The van der Waals surface area contributed by atoms with Crippen molar-refractivity contribution in [1.29, 1.82) is 0 Å². The van der Waals surface area contributed by atoms with Gasteiger partial charge in [-0.15, -0.1) is 0 Å². The van der Waals surface area contributed by atoms with Gasteiger partial charge in [0.1, 0.15) is 11.4 Å². The third-order valence-corrected chi connectivity index (χ3v) is 5.83. The lowest BCUT2D eigenvalue weighted by Crippen LogP contribution is -2.28. The fourth-order valence-corrected chi connectivity index (χ4v) is 3.64. The second kappa shape index (κ2) is 10.5. The lowest BCUT2D eigenvalue weighted by molar-refractivity contribution is 0.0928. The highest BCUT2D eigenvalue weighted by Gasteiger charge is 2.17. The molecule has 3 rings (SSSR count). The predicted molar refractivity (Wildman–Crippen MR) is 125 cm³/mol. The molecule has 0 saturated carbocycles. The molecule has 31 heavy (non-hydrogen) atoms. The van der Waals surface area contributed by atoms with Crippen LogP contribution in [0, 0.1) is 6.92 Å². The van der Waals surface area contributed by atoms with Crippen LogP contribution >= 0.6 is 11.6 Å². The largest absolute Gasteiger partial charge is 0.471 e. The highest BCUT2D eigenvalue weighted by Crippen LogP contribution is 2.24. The highest BCUT2D eigenvalue weighted by molar-refractivity contribution is 6.30. The molecule has 0 aliphatic rings. The van der Waals surface area contributed by atoms with Gasteiger partial charge >= 0.3 is 0 Å². The maximum Gasteiger partial charge on any atom is 0.272 e. The van der Waals surface area contributed by atoms with Gasteiger partial charge in [0.05, 0.1) is 6.04 Å². The van der Waals surface area contributed by atoms with Gasteiger partial charge in [-0.2, -0.15) is 5.10 Å². The summed E-state index contributed by atoms with van der Waals surface area (Å²) in [5.41, 5.74) is 3.74. The molecule has 0 aliphatic carbocycles. The number of carbonyl (C=O) groups excluding carboxylic acids is 1. The van der Waals surface area contributed by atoms with E-state index in [1.54, 1.807) is 23.0 Å². The number of carbonyl (C=O) groups is 1. The van der Waals surface area contributed by atoms with Gasteiger partial charge in [-0.25, -0.2) is 4.68 Å². The molecule has 1 amide bonds. The van der Waals surface area contributed by atoms with E-state index < -0.39 is 0 Å². The van der Waals surface area contributed by atoms with E-state index >= 15 is 0 Å². The van der Waals surface area contributed by atoms with Crippen LogP contribution in [-0.2, 0) is 6.73 Å². The summed E-state index contributed by atoms with van der Waals surface area (Å²) >= 11 is 5.98. The minimum atomic E-state index is -0.195. The van der Waals surface area contributed by atoms with Crippen molar-refractivity contribution in [2.45, 2.75) is 59.2 Å². The molecule has 0 saturated heterocycles. The van der Waals surface area contributed by atoms with Crippen molar-refractivity contribution in [2.75, 3.05) is 0 Å². The molecule has 5 nitrogen and oxygen atoms in total. The Morgan fingerprint density at radius 1 is 1.10 bits per heavy atom. The molecule has 2 atom stereocenters. The average Bonchev–Trinajstić information content (AvgIpc) is 3.25. The van der Waals surface area contributed by atoms with Crippen LogP contribution in [0.4, 0.5) is 0 Å². The van der Waals surface area contributed by atoms with Crippen molar-refractivity contribution in [2.24, 2.45) is 0 Å². The molecular formula is C25H30ClN3O2. The molecule has 3 aromatic rings. The van der Waals surface area contributed by atoms with Gasteiger partial charge in [0, 0.05) is 11.2 Å². The molecule has 2 aromatic carbocycles. The van der Waals surface area contributed by atoms with Crippen LogP contribution in [0.1, 0.15) is 72.8 Å². The second-order valence-corrected chi connectivity index (χ2v) is 8.27. The van der Waals surface area contributed by atoms with E-state index in [2.05, 4.69) is 55.5 Å². The van der Waals surface area contributed by atoms with Crippen LogP contribution < -0.4 is 10.1 Å². The number of nitrogens with zero attached hydrogens (tertiary/aromatic N) is 2. The lowest BCUT2D eigenvalue weighted by Gasteiger charge is -2.18. The summed E-state index contributed by atoms with van der Waals surface area (Å²) in [5.74, 6) is 1.07. The Kier molecular flexibility index (Phi) is 7.75. The average molecular weight is 440 g/mol. The van der Waals surface area contributed by atoms with E-state index in [0.717, 1.165) is 29.7 Å². The summed E-state index contributed by atoms with van der Waals surface area (Å²) in [4.78, 5) is 12.7. The first-order chi connectivity index (χ1) is 14.9. The van der Waals surface area contributed by atoms with Crippen molar-refractivity contribution in [3.8, 4) is 5.75 Å². The number of hydrogen-bond donors (Lipinski definition) is 1. The van der Waals surface area contributed by atoms with E-state index in [9.17, 15) is 4.79 Å². The first-order valence-electron chi connectivity index (χ1n) is 10.7. The summed E-state index contributed by atoms with van der Waals surface area (Å²) in [6.07, 6.45) is 3.65. The van der Waals surface area contributed by atoms with Gasteiger partial charge in [0.2, 0.25) is 0 Å². The Morgan fingerprint density at radius 2 is 1.81 bits per heavy atom. The molecule has 0 fully saturated rings. The van der Waals surface area contributed by atoms with Crippen LogP contribution in [0.25, 0.3) is 0 Å². The number of hydrogen-bond acceptors (Lipinski definition) is 3. The first kappa shape index (κ1) is 22.9. The summed E-state index contributed by atoms with van der Waals surface area (Å²) in [6.45, 7) is 8.62. The Hall–Kier alpha value is -2.79. The molecule has 0 spiro atoms. The Labute approximate surface area is 189 Å². The van der Waals surface area contributed by atoms with Gasteiger partial charge in [0.15, 0.2) is 6.73 Å². The maximum absolute atomic E-state index is 12.7. The maximum atomic E-state index is 12.7. The van der Waals surface area contributed by atoms with Crippen molar-refractivity contribution in [3.63, 3.8) is 0 Å². The number of halogens is 1. The molecule has 164 valence electrons. The molecule has 1 aromatic heterocycles. The topological polar surface area (TPSA) is 56.2 Å². The minimum absolute atomic E-state index is 0.0587. The number of aromatic nitrogens is 2. The summed E-state index contributed by atoms with van der Waals surface area (Å²) in [7, 11) is 0. The number of rotatable bonds is 9. The Balaban J connectivity index is 1.61. The zero-order valence-corrected chi connectivity index (χ0v) is 19.3. The molecule has 1 N–H and O–H groups in total. The van der Waals surface area contributed by atoms with Crippen LogP contribution in [-0.4, -0.2) is 15.7 Å². The summed E-state index contributed by atoms with van der Waals surface area (Å²) in [5, 5.41) is 8.12. The quantitative estimate of drug-likeness (QED) is 0.427. The number of benzene rings is 2. The van der Waals surface area contributed by atoms with Crippen LogP contribution in [0.2, 0.25) is 5.02 Å². The fraction of sp³-hybridized carbons (Fsp3) is 0.360. The van der Waals surface area contributed by atoms with Crippen LogP contribution in [0.5, 0.6) is 5.75 Å². The summed E-state index contributed by atoms with van der Waals surface area (Å²) in [6, 6.07) is 15.6. The molecule has 0 aliphatic heterocycles. The molecule has 0 bridgehead atoms. The zero-order chi connectivity index (χ0) is 22.4. The van der Waals surface area contributed by atoms with Crippen molar-refractivity contribution in [1.82, 2.24) is 15.1 Å². The molecule has 0 radical (unpaired) electrons. The third-order valence-electron chi connectivity index (χ3n) is 5.60. The van der Waals surface area contributed by atoms with Gasteiger partial charge in [-0.3, -0.25) is 4.79 Å². The van der Waals surface area contributed by atoms with Crippen LogP contribution in [0.3, 0.4) is 0 Å². The smallest absolute Gasteiger partial charge is 0.272 e. The van der Waals surface area contributed by atoms with Crippen molar-refractivity contribution >= 4 is 17.5 Å². The second-order valence-electron chi connectivity index (χ2n) is 7.83. The van der Waals surface area contributed by atoms with E-state index in [-0.39, 0.29) is 18.7 Å². The summed E-state index contributed by atoms with van der Waals surface area (Å²) < 4.78 is 7.39. The van der Waals surface area contributed by atoms with Crippen molar-refractivity contribution in [3.05, 3.63) is 82.1 Å². The van der Waals surface area contributed by atoms with E-state index in [1.165, 1.54) is 5.56 Å². The first-order valence-corrected chi connectivity index (χ1v) is 11.1. The Bertz CT molecular complexity index is 1010. The van der Waals surface area contributed by atoms with Crippen molar-refractivity contribution < 1.29 is 9.53 Å². The van der Waals surface area contributed by atoms with E-state index in [0.29, 0.717) is 16.6 Å². The molecule has 2 unspecified atom stereocenters. The zero-order valence-electron chi connectivity index (χ0n) is 18.6. The number of amides is 1. The predicted octanol–water partition coefficient (Wildman–Crippen LogP) is 6.28. The Morgan fingerprint density at radius 3 is 2.45 bits per heavy atom. The lowest BCUT2D eigenvalue weighted by atomic mass is 9.95. The van der Waals surface area contributed by atoms with Gasteiger partial charge in [-0.05, 0) is 66.6 Å². The fourth-order valence-electron chi connectivity index (χ4n) is 3.41. The number of ether oxygens (including phenoxy) is 1. The standard InChI is InChI=1S/C25H30ClN3O2/c1-5-17(3)19-7-9-20(10-8-19)22(6-2)27-25(30)23-13-14-29(28-23)16-31-24-12-11-21(26)15-18(24)4/h7-15,17,22H,5-6,16H2,1-4H3,(H,27,30). The monoisotopic (exact) mass is 439 g/mol. The SMILES string of the molecule is CCC(C)c1ccc(C(CC)NC(=O)c2ccn(COc3ccc(Cl)cc3C)n2)cc1. The molecule has 6 heteroatoms. The highest BCUT2D eigenvalue weighted by atomic mass is 35.5. The number of aryl methyl sites for hydroxylation is 1. The van der Waals surface area contributed by atoms with Crippen LogP contribution in [0.15, 0.2) is 54.7 Å². The minimum Gasteiger partial charge on any atom is -0.471 e. The van der Waals surface area contributed by atoms with Gasteiger partial charge in [-0.1, -0.05) is 56.6 Å². The number of nitrogens with one attached hydrogen (secondary N) is 1.